The van der Waals surface area contributed by atoms with Crippen molar-refractivity contribution in [3.05, 3.63) is 66.0 Å². The number of benzene rings is 2. The summed E-state index contributed by atoms with van der Waals surface area (Å²) >= 11 is 1.85. The predicted octanol–water partition coefficient (Wildman–Crippen LogP) is 4.61. The van der Waals surface area contributed by atoms with Crippen LogP contribution >= 0.6 is 11.8 Å². The fourth-order valence-corrected chi connectivity index (χ4v) is 4.41. The van der Waals surface area contributed by atoms with Crippen molar-refractivity contribution in [2.45, 2.75) is 24.7 Å². The molecule has 2 heterocycles. The minimum atomic E-state index is 0.144. The summed E-state index contributed by atoms with van der Waals surface area (Å²) in [4.78, 5) is 20.6. The molecule has 1 amide bonds. The van der Waals surface area contributed by atoms with Crippen LogP contribution in [0.2, 0.25) is 0 Å². The van der Waals surface area contributed by atoms with Crippen LogP contribution in [0.3, 0.4) is 0 Å². The minimum Gasteiger partial charge on any atom is -0.311 e. The van der Waals surface area contributed by atoms with Gasteiger partial charge in [-0.1, -0.05) is 30.3 Å². The molecule has 0 saturated carbocycles. The van der Waals surface area contributed by atoms with Crippen LogP contribution in [0.1, 0.15) is 17.5 Å². The first-order valence-corrected chi connectivity index (χ1v) is 9.56. The van der Waals surface area contributed by atoms with E-state index in [9.17, 15) is 4.79 Å². The number of carbonyl (C=O) groups excluding carboxylic acids is 1. The number of nitrogens with zero attached hydrogens (tertiary/aromatic N) is 2. The average Bonchev–Trinajstić information content (AvgIpc) is 2.84. The Hall–Kier alpha value is -2.33. The number of hydrogen-bond acceptors (Lipinski definition) is 3. The van der Waals surface area contributed by atoms with Gasteiger partial charge in [-0.05, 0) is 47.7 Å². The molecular weight excluding hydrogens is 328 g/mol. The summed E-state index contributed by atoms with van der Waals surface area (Å²) in [7, 11) is 0. The van der Waals surface area contributed by atoms with E-state index in [-0.39, 0.29) is 5.91 Å². The molecule has 4 heteroatoms. The molecule has 3 nitrogen and oxygen atoms in total. The lowest BCUT2D eigenvalue weighted by molar-refractivity contribution is -0.118. The van der Waals surface area contributed by atoms with E-state index in [0.29, 0.717) is 6.42 Å². The maximum absolute atomic E-state index is 13.1. The standard InChI is InChI=1S/C21H20N2OS/c1-15-7-8-19-20(11-15)25-10-4-9-23(19)21(24)12-17-14-22-13-16-5-2-3-6-18(16)17/h2-3,5-8,11,13-14H,4,9-10,12H2,1H3. The normalized spacial score (nSPS) is 14.2. The molecule has 3 aromatic rings. The molecular formula is C21H20N2OS. The zero-order chi connectivity index (χ0) is 17.2. The predicted molar refractivity (Wildman–Crippen MR) is 104 cm³/mol. The van der Waals surface area contributed by atoms with Crippen molar-refractivity contribution in [2.24, 2.45) is 0 Å². The zero-order valence-corrected chi connectivity index (χ0v) is 15.1. The average molecular weight is 348 g/mol. The van der Waals surface area contributed by atoms with Crippen molar-refractivity contribution in [1.82, 2.24) is 4.98 Å². The van der Waals surface area contributed by atoms with Gasteiger partial charge in [-0.25, -0.2) is 0 Å². The molecule has 0 bridgehead atoms. The van der Waals surface area contributed by atoms with Crippen LogP contribution in [-0.4, -0.2) is 23.2 Å². The molecule has 0 aliphatic carbocycles. The zero-order valence-electron chi connectivity index (χ0n) is 14.2. The van der Waals surface area contributed by atoms with Crippen molar-refractivity contribution in [2.75, 3.05) is 17.2 Å². The van der Waals surface area contributed by atoms with Crippen molar-refractivity contribution < 1.29 is 4.79 Å². The van der Waals surface area contributed by atoms with Gasteiger partial charge in [-0.15, -0.1) is 11.8 Å². The fourth-order valence-electron chi connectivity index (χ4n) is 3.32. The molecule has 0 unspecified atom stereocenters. The molecule has 126 valence electrons. The summed E-state index contributed by atoms with van der Waals surface area (Å²) in [5.41, 5.74) is 3.28. The molecule has 2 aromatic carbocycles. The molecule has 0 spiro atoms. The largest absolute Gasteiger partial charge is 0.311 e. The van der Waals surface area contributed by atoms with Crippen LogP contribution in [0, 0.1) is 6.92 Å². The number of aryl methyl sites for hydroxylation is 1. The Morgan fingerprint density at radius 1 is 1.20 bits per heavy atom. The summed E-state index contributed by atoms with van der Waals surface area (Å²) < 4.78 is 0. The summed E-state index contributed by atoms with van der Waals surface area (Å²) in [5.74, 6) is 1.20. The van der Waals surface area contributed by atoms with Crippen molar-refractivity contribution in [1.29, 1.82) is 0 Å². The molecule has 0 fully saturated rings. The Labute approximate surface area is 152 Å². The first-order chi connectivity index (χ1) is 12.2. The van der Waals surface area contributed by atoms with Gasteiger partial charge in [0.25, 0.3) is 0 Å². The molecule has 1 aromatic heterocycles. The number of amides is 1. The van der Waals surface area contributed by atoms with E-state index in [0.717, 1.165) is 40.7 Å². The number of fused-ring (bicyclic) bond motifs is 2. The van der Waals surface area contributed by atoms with Crippen LogP contribution in [0.5, 0.6) is 0 Å². The number of pyridine rings is 1. The fraction of sp³-hybridized carbons (Fsp3) is 0.238. The number of anilines is 1. The molecule has 0 saturated heterocycles. The molecule has 1 aliphatic heterocycles. The smallest absolute Gasteiger partial charge is 0.231 e. The second kappa shape index (κ2) is 6.89. The van der Waals surface area contributed by atoms with E-state index >= 15 is 0 Å². The van der Waals surface area contributed by atoms with Crippen LogP contribution < -0.4 is 4.90 Å². The summed E-state index contributed by atoms with van der Waals surface area (Å²) in [6, 6.07) is 14.5. The van der Waals surface area contributed by atoms with Crippen molar-refractivity contribution in [3.8, 4) is 0 Å². The quantitative estimate of drug-likeness (QED) is 0.678. The van der Waals surface area contributed by atoms with Crippen molar-refractivity contribution >= 4 is 34.1 Å². The summed E-state index contributed by atoms with van der Waals surface area (Å²) in [5, 5.41) is 2.19. The third-order valence-electron chi connectivity index (χ3n) is 4.58. The van der Waals surface area contributed by atoms with Gasteiger partial charge in [-0.2, -0.15) is 0 Å². The Morgan fingerprint density at radius 3 is 3.00 bits per heavy atom. The second-order valence-corrected chi connectivity index (χ2v) is 7.55. The van der Waals surface area contributed by atoms with Gasteiger partial charge in [0.05, 0.1) is 12.1 Å². The van der Waals surface area contributed by atoms with E-state index in [1.807, 2.05) is 47.3 Å². The number of aromatic nitrogens is 1. The van der Waals surface area contributed by atoms with Crippen molar-refractivity contribution in [3.63, 3.8) is 0 Å². The maximum Gasteiger partial charge on any atom is 0.231 e. The molecule has 4 rings (SSSR count). The highest BCUT2D eigenvalue weighted by atomic mass is 32.2. The SMILES string of the molecule is Cc1ccc2c(c1)SCCCN2C(=O)Cc1cncc2ccccc12. The van der Waals surface area contributed by atoms with E-state index < -0.39 is 0 Å². The third-order valence-corrected chi connectivity index (χ3v) is 5.71. The number of hydrogen-bond donors (Lipinski definition) is 0. The maximum atomic E-state index is 13.1. The second-order valence-electron chi connectivity index (χ2n) is 6.42. The van der Waals surface area contributed by atoms with Gasteiger partial charge < -0.3 is 4.90 Å². The molecule has 1 aliphatic rings. The van der Waals surface area contributed by atoms with Gasteiger partial charge in [-0.3, -0.25) is 9.78 Å². The summed E-state index contributed by atoms with van der Waals surface area (Å²) in [6.07, 6.45) is 5.07. The highest BCUT2D eigenvalue weighted by Gasteiger charge is 2.22. The number of thioether (sulfide) groups is 1. The summed E-state index contributed by atoms with van der Waals surface area (Å²) in [6.45, 7) is 2.87. The van der Waals surface area contributed by atoms with Gasteiger partial charge >= 0.3 is 0 Å². The number of rotatable bonds is 2. The first-order valence-electron chi connectivity index (χ1n) is 8.58. The van der Waals surface area contributed by atoms with Crippen LogP contribution in [-0.2, 0) is 11.2 Å². The van der Waals surface area contributed by atoms with Gasteiger partial charge in [0.1, 0.15) is 0 Å². The highest BCUT2D eigenvalue weighted by molar-refractivity contribution is 7.99. The first kappa shape index (κ1) is 16.2. The van der Waals surface area contributed by atoms with Crippen LogP contribution in [0.15, 0.2) is 59.8 Å². The lowest BCUT2D eigenvalue weighted by atomic mass is 10.0. The Balaban J connectivity index is 1.67. The molecule has 25 heavy (non-hydrogen) atoms. The lowest BCUT2D eigenvalue weighted by Gasteiger charge is -2.23. The van der Waals surface area contributed by atoms with Gasteiger partial charge in [0.15, 0.2) is 0 Å². The lowest BCUT2D eigenvalue weighted by Crippen LogP contribution is -2.33. The minimum absolute atomic E-state index is 0.144. The van der Waals surface area contributed by atoms with Crippen LogP contribution in [0.25, 0.3) is 10.8 Å². The van der Waals surface area contributed by atoms with Gasteiger partial charge in [0, 0.05) is 29.2 Å². The van der Waals surface area contributed by atoms with Gasteiger partial charge in [0.2, 0.25) is 5.91 Å². The Morgan fingerprint density at radius 2 is 2.08 bits per heavy atom. The topological polar surface area (TPSA) is 33.2 Å². The third kappa shape index (κ3) is 3.27. The van der Waals surface area contributed by atoms with E-state index in [2.05, 4.69) is 36.2 Å². The Bertz CT molecular complexity index is 933. The monoisotopic (exact) mass is 348 g/mol. The highest BCUT2D eigenvalue weighted by Crippen LogP contribution is 2.35. The molecule has 0 radical (unpaired) electrons. The molecule has 0 N–H and O–H groups in total. The van der Waals surface area contributed by atoms with E-state index in [1.54, 1.807) is 0 Å². The molecule has 0 atom stereocenters. The number of carbonyl (C=O) groups is 1. The van der Waals surface area contributed by atoms with E-state index in [4.69, 9.17) is 0 Å². The Kier molecular flexibility index (Phi) is 4.45. The van der Waals surface area contributed by atoms with E-state index in [1.165, 1.54) is 10.5 Å². The van der Waals surface area contributed by atoms with Crippen LogP contribution in [0.4, 0.5) is 5.69 Å².